The topological polar surface area (TPSA) is 58.6 Å². The first-order valence-electron chi connectivity index (χ1n) is 9.76. The van der Waals surface area contributed by atoms with E-state index in [1.54, 1.807) is 36.4 Å². The highest BCUT2D eigenvalue weighted by Gasteiger charge is 2.34. The van der Waals surface area contributed by atoms with Crippen LogP contribution in [0.2, 0.25) is 0 Å². The van der Waals surface area contributed by atoms with E-state index < -0.39 is 11.8 Å². The smallest absolute Gasteiger partial charge is 0.270 e. The second-order valence-electron chi connectivity index (χ2n) is 7.14. The van der Waals surface area contributed by atoms with Gasteiger partial charge in [0.15, 0.2) is 5.11 Å². The van der Waals surface area contributed by atoms with Crippen LogP contribution in [0.3, 0.4) is 0 Å². The second kappa shape index (κ2) is 8.93. The average molecular weight is 429 g/mol. The number of thiocarbonyl (C=S) groups is 1. The fourth-order valence-corrected chi connectivity index (χ4v) is 3.46. The van der Waals surface area contributed by atoms with Crippen LogP contribution in [-0.4, -0.2) is 16.9 Å². The highest BCUT2D eigenvalue weighted by molar-refractivity contribution is 7.80. The van der Waals surface area contributed by atoms with E-state index in [0.29, 0.717) is 23.6 Å². The van der Waals surface area contributed by atoms with E-state index in [-0.39, 0.29) is 10.7 Å². The molecule has 3 aromatic carbocycles. The SMILES string of the molecule is Cc1ccc(COc2cccc(/C=C3\C(=O)NC(=S)N(c4ccccc4)C3=O)c2)cc1. The summed E-state index contributed by atoms with van der Waals surface area (Å²) in [4.78, 5) is 26.8. The minimum atomic E-state index is -0.520. The lowest BCUT2D eigenvalue weighted by molar-refractivity contribution is -0.122. The van der Waals surface area contributed by atoms with Gasteiger partial charge in [0.05, 0.1) is 5.69 Å². The lowest BCUT2D eigenvalue weighted by atomic mass is 10.1. The molecule has 1 heterocycles. The maximum atomic E-state index is 13.1. The van der Waals surface area contributed by atoms with Crippen molar-refractivity contribution in [3.05, 3.63) is 101 Å². The molecule has 1 saturated heterocycles. The van der Waals surface area contributed by atoms with Crippen LogP contribution in [0.25, 0.3) is 6.08 Å². The molecule has 5 nitrogen and oxygen atoms in total. The first kappa shape index (κ1) is 20.5. The quantitative estimate of drug-likeness (QED) is 0.372. The highest BCUT2D eigenvalue weighted by Crippen LogP contribution is 2.23. The van der Waals surface area contributed by atoms with Crippen LogP contribution in [0, 0.1) is 6.92 Å². The van der Waals surface area contributed by atoms with Crippen molar-refractivity contribution in [1.82, 2.24) is 5.32 Å². The number of carbonyl (C=O) groups excluding carboxylic acids is 2. The van der Waals surface area contributed by atoms with Gasteiger partial charge in [-0.1, -0.05) is 60.2 Å². The molecule has 0 spiro atoms. The largest absolute Gasteiger partial charge is 0.489 e. The Morgan fingerprint density at radius 3 is 2.45 bits per heavy atom. The molecule has 0 saturated carbocycles. The van der Waals surface area contributed by atoms with E-state index in [9.17, 15) is 9.59 Å². The minimum absolute atomic E-state index is 0.00753. The molecule has 154 valence electrons. The Hall–Kier alpha value is -3.77. The van der Waals surface area contributed by atoms with Gasteiger partial charge < -0.3 is 4.74 Å². The van der Waals surface area contributed by atoms with Crippen LogP contribution < -0.4 is 15.0 Å². The van der Waals surface area contributed by atoms with E-state index >= 15 is 0 Å². The third kappa shape index (κ3) is 4.70. The zero-order valence-electron chi connectivity index (χ0n) is 16.9. The molecule has 1 N–H and O–H groups in total. The Morgan fingerprint density at radius 1 is 0.968 bits per heavy atom. The Kier molecular flexibility index (Phi) is 5.91. The van der Waals surface area contributed by atoms with Crippen molar-refractivity contribution < 1.29 is 14.3 Å². The van der Waals surface area contributed by atoms with Crippen molar-refractivity contribution >= 4 is 40.9 Å². The van der Waals surface area contributed by atoms with Crippen molar-refractivity contribution in [3.63, 3.8) is 0 Å². The molecule has 1 fully saturated rings. The molecule has 0 atom stereocenters. The number of carbonyl (C=O) groups is 2. The van der Waals surface area contributed by atoms with E-state index in [4.69, 9.17) is 17.0 Å². The summed E-state index contributed by atoms with van der Waals surface area (Å²) in [6.45, 7) is 2.46. The fraction of sp³-hybridized carbons (Fsp3) is 0.0800. The van der Waals surface area contributed by atoms with Crippen molar-refractivity contribution in [2.24, 2.45) is 0 Å². The van der Waals surface area contributed by atoms with Gasteiger partial charge in [0, 0.05) is 0 Å². The summed E-state index contributed by atoms with van der Waals surface area (Å²) in [6.07, 6.45) is 1.55. The lowest BCUT2D eigenvalue weighted by Crippen LogP contribution is -2.54. The van der Waals surface area contributed by atoms with Crippen LogP contribution in [0.4, 0.5) is 5.69 Å². The van der Waals surface area contributed by atoms with E-state index in [0.717, 1.165) is 5.56 Å². The number of nitrogens with zero attached hydrogens (tertiary/aromatic N) is 1. The molecule has 0 aliphatic carbocycles. The third-order valence-corrected chi connectivity index (χ3v) is 5.10. The molecular weight excluding hydrogens is 408 g/mol. The van der Waals surface area contributed by atoms with Gasteiger partial charge in [-0.25, -0.2) is 0 Å². The summed E-state index contributed by atoms with van der Waals surface area (Å²) in [7, 11) is 0. The van der Waals surface area contributed by atoms with Gasteiger partial charge in [0.2, 0.25) is 0 Å². The molecule has 0 unspecified atom stereocenters. The summed E-state index contributed by atoms with van der Waals surface area (Å²) < 4.78 is 5.88. The molecule has 0 bridgehead atoms. The summed E-state index contributed by atoms with van der Waals surface area (Å²) in [5.41, 5.74) is 3.53. The molecule has 0 aromatic heterocycles. The van der Waals surface area contributed by atoms with Crippen LogP contribution in [0.1, 0.15) is 16.7 Å². The molecule has 2 amide bonds. The fourth-order valence-electron chi connectivity index (χ4n) is 3.18. The number of benzene rings is 3. The Bertz CT molecular complexity index is 1170. The van der Waals surface area contributed by atoms with Gasteiger partial charge in [-0.2, -0.15) is 0 Å². The predicted molar refractivity (Wildman–Crippen MR) is 125 cm³/mol. The van der Waals surface area contributed by atoms with Crippen molar-refractivity contribution in [2.75, 3.05) is 4.90 Å². The van der Waals surface area contributed by atoms with E-state index in [2.05, 4.69) is 5.32 Å². The molecule has 1 aliphatic heterocycles. The minimum Gasteiger partial charge on any atom is -0.489 e. The van der Waals surface area contributed by atoms with E-state index in [1.165, 1.54) is 10.5 Å². The summed E-state index contributed by atoms with van der Waals surface area (Å²) >= 11 is 5.22. The van der Waals surface area contributed by atoms with Gasteiger partial charge in [-0.15, -0.1) is 0 Å². The van der Waals surface area contributed by atoms with Crippen LogP contribution in [-0.2, 0) is 16.2 Å². The summed E-state index contributed by atoms with van der Waals surface area (Å²) in [5.74, 6) is -0.340. The normalized spacial score (nSPS) is 15.2. The van der Waals surface area contributed by atoms with Gasteiger partial charge >= 0.3 is 0 Å². The standard InChI is InChI=1S/C25H20N2O3S/c1-17-10-12-18(13-11-17)16-30-21-9-5-6-19(14-21)15-22-23(28)26-25(31)27(24(22)29)20-7-3-2-4-8-20/h2-15H,16H2,1H3,(H,26,28,31)/b22-15+. The van der Waals surface area contributed by atoms with E-state index in [1.807, 2.05) is 55.5 Å². The lowest BCUT2D eigenvalue weighted by Gasteiger charge is -2.28. The number of hydrogen-bond acceptors (Lipinski definition) is 4. The van der Waals surface area contributed by atoms with Gasteiger partial charge in [0.1, 0.15) is 17.9 Å². The molecule has 3 aromatic rings. The Labute approximate surface area is 186 Å². The van der Waals surface area contributed by atoms with Gasteiger partial charge in [-0.3, -0.25) is 19.8 Å². The number of nitrogens with one attached hydrogen (secondary N) is 1. The zero-order chi connectivity index (χ0) is 21.8. The number of aryl methyl sites for hydroxylation is 1. The van der Waals surface area contributed by atoms with Gasteiger partial charge in [-0.05, 0) is 60.6 Å². The zero-order valence-corrected chi connectivity index (χ0v) is 17.7. The highest BCUT2D eigenvalue weighted by atomic mass is 32.1. The number of hydrogen-bond donors (Lipinski definition) is 1. The molecule has 1 aliphatic rings. The molecule has 4 rings (SSSR count). The summed E-state index contributed by atoms with van der Waals surface area (Å²) in [6, 6.07) is 24.4. The van der Waals surface area contributed by atoms with Crippen molar-refractivity contribution in [1.29, 1.82) is 0 Å². The summed E-state index contributed by atoms with van der Waals surface area (Å²) in [5, 5.41) is 2.66. The van der Waals surface area contributed by atoms with Crippen LogP contribution >= 0.6 is 12.2 Å². The predicted octanol–water partition coefficient (Wildman–Crippen LogP) is 4.41. The number of ether oxygens (including phenoxy) is 1. The average Bonchev–Trinajstić information content (AvgIpc) is 2.77. The van der Waals surface area contributed by atoms with Crippen molar-refractivity contribution in [3.8, 4) is 5.75 Å². The number of amides is 2. The first-order chi connectivity index (χ1) is 15.0. The number of anilines is 1. The maximum Gasteiger partial charge on any atom is 0.270 e. The number of rotatable bonds is 5. The maximum absolute atomic E-state index is 13.1. The third-order valence-electron chi connectivity index (χ3n) is 4.81. The first-order valence-corrected chi connectivity index (χ1v) is 10.2. The Morgan fingerprint density at radius 2 is 1.71 bits per heavy atom. The molecule has 0 radical (unpaired) electrons. The second-order valence-corrected chi connectivity index (χ2v) is 7.53. The van der Waals surface area contributed by atoms with Gasteiger partial charge in [0.25, 0.3) is 11.8 Å². The molecular formula is C25H20N2O3S. The molecule has 6 heteroatoms. The molecule has 31 heavy (non-hydrogen) atoms. The monoisotopic (exact) mass is 428 g/mol. The Balaban J connectivity index is 1.56. The van der Waals surface area contributed by atoms with Crippen molar-refractivity contribution in [2.45, 2.75) is 13.5 Å². The number of para-hydroxylation sites is 1. The van der Waals surface area contributed by atoms with Crippen LogP contribution in [0.5, 0.6) is 5.75 Å². The van der Waals surface area contributed by atoms with Crippen LogP contribution in [0.15, 0.2) is 84.4 Å².